The number of allylic oxidation sites excluding steroid dienone is 1. The molecule has 1 amide bonds. The molecule has 0 saturated heterocycles. The van der Waals surface area contributed by atoms with E-state index < -0.39 is 0 Å². The van der Waals surface area contributed by atoms with E-state index >= 15 is 0 Å². The number of amides is 1. The normalized spacial score (nSPS) is 24.1. The maximum Gasteiger partial charge on any atom is 0.244 e. The zero-order chi connectivity index (χ0) is 12.7. The van der Waals surface area contributed by atoms with E-state index in [4.69, 9.17) is 0 Å². The summed E-state index contributed by atoms with van der Waals surface area (Å²) < 4.78 is 13.3. The van der Waals surface area contributed by atoms with Crippen molar-refractivity contribution in [2.24, 2.45) is 0 Å². The molecule has 0 radical (unpaired) electrons. The molecular formula is C15H16FNO. The lowest BCUT2D eigenvalue weighted by Crippen LogP contribution is -2.23. The summed E-state index contributed by atoms with van der Waals surface area (Å²) in [7, 11) is 0. The lowest BCUT2D eigenvalue weighted by atomic mass is 10.0. The Morgan fingerprint density at radius 2 is 2.22 bits per heavy atom. The van der Waals surface area contributed by atoms with Gasteiger partial charge in [0, 0.05) is 12.1 Å². The average molecular weight is 245 g/mol. The zero-order valence-electron chi connectivity index (χ0n) is 10.4. The topological polar surface area (TPSA) is 29.1 Å². The lowest BCUT2D eigenvalue weighted by molar-refractivity contribution is -0.116. The van der Waals surface area contributed by atoms with Gasteiger partial charge in [0.1, 0.15) is 5.82 Å². The third-order valence-electron chi connectivity index (χ3n) is 3.65. The average Bonchev–Trinajstić information content (AvgIpc) is 3.06. The van der Waals surface area contributed by atoms with E-state index in [1.54, 1.807) is 6.08 Å². The van der Waals surface area contributed by atoms with Crippen LogP contribution in [0.3, 0.4) is 0 Å². The Bertz CT molecular complexity index is 531. The lowest BCUT2D eigenvalue weighted by Gasteiger charge is -2.03. The number of fused-ring (bicyclic) bond motifs is 1. The van der Waals surface area contributed by atoms with Crippen LogP contribution in [-0.4, -0.2) is 11.9 Å². The Kier molecular flexibility index (Phi) is 2.69. The molecular weight excluding hydrogens is 229 g/mol. The second-order valence-electron chi connectivity index (χ2n) is 5.29. The zero-order valence-corrected chi connectivity index (χ0v) is 10.4. The third kappa shape index (κ3) is 2.17. The minimum atomic E-state index is -0.239. The van der Waals surface area contributed by atoms with Crippen LogP contribution in [0, 0.1) is 5.82 Å². The van der Waals surface area contributed by atoms with Crippen molar-refractivity contribution in [3.05, 3.63) is 41.2 Å². The molecule has 3 heteroatoms. The molecule has 1 N–H and O–H groups in total. The first-order chi connectivity index (χ1) is 8.63. The SMILES string of the molecule is CC1C/C(=C/C(=O)NC2CC2)c2cc(F)ccc21. The van der Waals surface area contributed by atoms with Crippen LogP contribution < -0.4 is 5.32 Å². The van der Waals surface area contributed by atoms with Crippen LogP contribution in [0.2, 0.25) is 0 Å². The molecule has 1 fully saturated rings. The Hall–Kier alpha value is -1.64. The number of hydrogen-bond donors (Lipinski definition) is 1. The summed E-state index contributed by atoms with van der Waals surface area (Å²) >= 11 is 0. The van der Waals surface area contributed by atoms with Crippen LogP contribution in [0.1, 0.15) is 43.2 Å². The van der Waals surface area contributed by atoms with E-state index in [1.807, 2.05) is 6.07 Å². The Balaban J connectivity index is 1.88. The molecule has 1 aromatic rings. The predicted molar refractivity (Wildman–Crippen MR) is 68.6 cm³/mol. The van der Waals surface area contributed by atoms with Gasteiger partial charge in [0.2, 0.25) is 5.91 Å². The van der Waals surface area contributed by atoms with Gasteiger partial charge in [-0.25, -0.2) is 4.39 Å². The van der Waals surface area contributed by atoms with Crippen molar-refractivity contribution in [3.8, 4) is 0 Å². The van der Waals surface area contributed by atoms with Crippen LogP contribution in [-0.2, 0) is 4.79 Å². The number of carbonyl (C=O) groups is 1. The summed E-state index contributed by atoms with van der Waals surface area (Å²) in [5.74, 6) is 0.0775. The second kappa shape index (κ2) is 4.23. The van der Waals surface area contributed by atoms with Crippen LogP contribution in [0.4, 0.5) is 4.39 Å². The number of carbonyl (C=O) groups excluding carboxylic acids is 1. The van der Waals surface area contributed by atoms with E-state index in [-0.39, 0.29) is 11.7 Å². The molecule has 1 saturated carbocycles. The van der Waals surface area contributed by atoms with Crippen LogP contribution in [0.15, 0.2) is 24.3 Å². The van der Waals surface area contributed by atoms with Gasteiger partial charge < -0.3 is 5.32 Å². The molecule has 1 unspecified atom stereocenters. The van der Waals surface area contributed by atoms with Crippen LogP contribution >= 0.6 is 0 Å². The number of nitrogens with one attached hydrogen (secondary N) is 1. The molecule has 0 aliphatic heterocycles. The van der Waals surface area contributed by atoms with Crippen LogP contribution in [0.5, 0.6) is 0 Å². The fraction of sp³-hybridized carbons (Fsp3) is 0.400. The highest BCUT2D eigenvalue weighted by Crippen LogP contribution is 2.40. The summed E-state index contributed by atoms with van der Waals surface area (Å²) in [5.41, 5.74) is 2.99. The first kappa shape index (κ1) is 11.5. The summed E-state index contributed by atoms with van der Waals surface area (Å²) in [6.45, 7) is 2.11. The van der Waals surface area contributed by atoms with Crippen molar-refractivity contribution >= 4 is 11.5 Å². The van der Waals surface area contributed by atoms with Crippen LogP contribution in [0.25, 0.3) is 5.57 Å². The van der Waals surface area contributed by atoms with E-state index in [9.17, 15) is 9.18 Å². The monoisotopic (exact) mass is 245 g/mol. The molecule has 2 aliphatic rings. The van der Waals surface area contributed by atoms with Gasteiger partial charge in [0.15, 0.2) is 0 Å². The standard InChI is InChI=1S/C15H16FNO/c1-9-6-10(7-15(18)17-12-3-4-12)14-8-11(16)2-5-13(9)14/h2,5,7-9,12H,3-4,6H2,1H3,(H,17,18)/b10-7-. The van der Waals surface area contributed by atoms with E-state index in [0.29, 0.717) is 12.0 Å². The molecule has 18 heavy (non-hydrogen) atoms. The van der Waals surface area contributed by atoms with Gasteiger partial charge in [-0.15, -0.1) is 0 Å². The van der Waals surface area contributed by atoms with Crippen molar-refractivity contribution in [3.63, 3.8) is 0 Å². The fourth-order valence-electron chi connectivity index (χ4n) is 2.55. The first-order valence-corrected chi connectivity index (χ1v) is 6.44. The van der Waals surface area contributed by atoms with E-state index in [1.165, 1.54) is 12.1 Å². The molecule has 1 aromatic carbocycles. The highest BCUT2D eigenvalue weighted by atomic mass is 19.1. The summed E-state index contributed by atoms with van der Waals surface area (Å²) in [4.78, 5) is 11.8. The summed E-state index contributed by atoms with van der Waals surface area (Å²) in [6.07, 6.45) is 4.62. The van der Waals surface area contributed by atoms with Crippen molar-refractivity contribution in [1.29, 1.82) is 0 Å². The Morgan fingerprint density at radius 1 is 1.44 bits per heavy atom. The quantitative estimate of drug-likeness (QED) is 0.797. The highest BCUT2D eigenvalue weighted by molar-refractivity contribution is 5.96. The van der Waals surface area contributed by atoms with Crippen molar-refractivity contribution in [1.82, 2.24) is 5.32 Å². The molecule has 0 heterocycles. The molecule has 2 nitrogen and oxygen atoms in total. The second-order valence-corrected chi connectivity index (χ2v) is 5.29. The highest BCUT2D eigenvalue weighted by Gasteiger charge is 2.26. The van der Waals surface area contributed by atoms with Crippen molar-refractivity contribution in [2.45, 2.75) is 38.1 Å². The minimum absolute atomic E-state index is 0.0446. The third-order valence-corrected chi connectivity index (χ3v) is 3.65. The van der Waals surface area contributed by atoms with Crippen molar-refractivity contribution in [2.75, 3.05) is 0 Å². The molecule has 0 bridgehead atoms. The Labute approximate surface area is 106 Å². The van der Waals surface area contributed by atoms with Gasteiger partial charge in [0.05, 0.1) is 0 Å². The molecule has 0 aromatic heterocycles. The first-order valence-electron chi connectivity index (χ1n) is 6.44. The number of halogens is 1. The predicted octanol–water partition coefficient (Wildman–Crippen LogP) is 2.99. The van der Waals surface area contributed by atoms with E-state index in [0.717, 1.165) is 36.0 Å². The number of rotatable bonds is 2. The number of benzene rings is 1. The van der Waals surface area contributed by atoms with Gasteiger partial charge in [-0.1, -0.05) is 13.0 Å². The fourth-order valence-corrected chi connectivity index (χ4v) is 2.55. The molecule has 1 atom stereocenters. The maximum atomic E-state index is 13.3. The van der Waals surface area contributed by atoms with Crippen molar-refractivity contribution < 1.29 is 9.18 Å². The smallest absolute Gasteiger partial charge is 0.244 e. The summed E-state index contributed by atoms with van der Waals surface area (Å²) in [5, 5.41) is 2.93. The molecule has 0 spiro atoms. The van der Waals surface area contributed by atoms with Gasteiger partial charge in [0.25, 0.3) is 0 Å². The van der Waals surface area contributed by atoms with Gasteiger partial charge in [-0.2, -0.15) is 0 Å². The molecule has 2 aliphatic carbocycles. The number of hydrogen-bond acceptors (Lipinski definition) is 1. The molecule has 3 rings (SSSR count). The van der Waals surface area contributed by atoms with Gasteiger partial charge in [-0.05, 0) is 54.0 Å². The largest absolute Gasteiger partial charge is 0.350 e. The maximum absolute atomic E-state index is 13.3. The van der Waals surface area contributed by atoms with Gasteiger partial charge >= 0.3 is 0 Å². The summed E-state index contributed by atoms with van der Waals surface area (Å²) in [6, 6.07) is 5.22. The Morgan fingerprint density at radius 3 is 2.94 bits per heavy atom. The minimum Gasteiger partial charge on any atom is -0.350 e. The van der Waals surface area contributed by atoms with E-state index in [2.05, 4.69) is 12.2 Å². The molecule has 94 valence electrons. The van der Waals surface area contributed by atoms with Gasteiger partial charge in [-0.3, -0.25) is 4.79 Å².